The SMILES string of the molecule is CC(O)C(C)c1cc(-c2ccc(Br)cc2)n[nH]1. The molecule has 0 aliphatic rings. The van der Waals surface area contributed by atoms with Gasteiger partial charge in [-0.2, -0.15) is 5.10 Å². The Bertz CT molecular complexity index is 490. The fourth-order valence-electron chi connectivity index (χ4n) is 1.60. The molecule has 2 rings (SSSR count). The van der Waals surface area contributed by atoms with Crippen LogP contribution >= 0.6 is 15.9 Å². The van der Waals surface area contributed by atoms with Crippen LogP contribution in [0.15, 0.2) is 34.8 Å². The minimum atomic E-state index is -0.381. The van der Waals surface area contributed by atoms with Gasteiger partial charge in [-0.1, -0.05) is 35.0 Å². The number of aliphatic hydroxyl groups excluding tert-OH is 1. The number of nitrogens with one attached hydrogen (secondary N) is 1. The van der Waals surface area contributed by atoms with Crippen LogP contribution in [0.4, 0.5) is 0 Å². The molecular weight excluding hydrogens is 280 g/mol. The average Bonchev–Trinajstić information content (AvgIpc) is 2.78. The fourth-order valence-corrected chi connectivity index (χ4v) is 1.86. The lowest BCUT2D eigenvalue weighted by Gasteiger charge is -2.11. The van der Waals surface area contributed by atoms with Crippen molar-refractivity contribution >= 4 is 15.9 Å². The lowest BCUT2D eigenvalue weighted by molar-refractivity contribution is 0.167. The minimum absolute atomic E-state index is 0.0618. The predicted molar refractivity (Wildman–Crippen MR) is 71.8 cm³/mol. The molecule has 90 valence electrons. The topological polar surface area (TPSA) is 48.9 Å². The zero-order valence-electron chi connectivity index (χ0n) is 9.81. The molecule has 0 saturated carbocycles. The summed E-state index contributed by atoms with van der Waals surface area (Å²) in [5, 5.41) is 16.8. The van der Waals surface area contributed by atoms with E-state index >= 15 is 0 Å². The lowest BCUT2D eigenvalue weighted by atomic mass is 10.0. The van der Waals surface area contributed by atoms with Crippen LogP contribution in [0.2, 0.25) is 0 Å². The van der Waals surface area contributed by atoms with Crippen LogP contribution in [-0.2, 0) is 0 Å². The van der Waals surface area contributed by atoms with Crippen molar-refractivity contribution in [1.82, 2.24) is 10.2 Å². The number of hydrogen-bond donors (Lipinski definition) is 2. The molecule has 2 atom stereocenters. The van der Waals surface area contributed by atoms with Crippen molar-refractivity contribution < 1.29 is 5.11 Å². The molecule has 0 aliphatic heterocycles. The van der Waals surface area contributed by atoms with E-state index < -0.39 is 0 Å². The first-order chi connectivity index (χ1) is 8.08. The van der Waals surface area contributed by atoms with Gasteiger partial charge in [-0.15, -0.1) is 0 Å². The lowest BCUT2D eigenvalue weighted by Crippen LogP contribution is -2.11. The third-order valence-corrected chi connectivity index (χ3v) is 3.48. The Morgan fingerprint density at radius 2 is 1.88 bits per heavy atom. The third kappa shape index (κ3) is 2.76. The Hall–Kier alpha value is -1.13. The van der Waals surface area contributed by atoms with Crippen LogP contribution in [0.3, 0.4) is 0 Å². The fraction of sp³-hybridized carbons (Fsp3) is 0.308. The number of aliphatic hydroxyl groups is 1. The van der Waals surface area contributed by atoms with Gasteiger partial charge in [0.25, 0.3) is 0 Å². The van der Waals surface area contributed by atoms with E-state index in [9.17, 15) is 5.11 Å². The Balaban J connectivity index is 2.26. The van der Waals surface area contributed by atoms with Crippen molar-refractivity contribution in [1.29, 1.82) is 0 Å². The smallest absolute Gasteiger partial charge is 0.0923 e. The first-order valence-electron chi connectivity index (χ1n) is 5.57. The maximum absolute atomic E-state index is 9.54. The van der Waals surface area contributed by atoms with Gasteiger partial charge in [0.1, 0.15) is 0 Å². The highest BCUT2D eigenvalue weighted by Crippen LogP contribution is 2.24. The summed E-state index contributed by atoms with van der Waals surface area (Å²) >= 11 is 3.40. The second-order valence-electron chi connectivity index (χ2n) is 4.24. The number of nitrogens with zero attached hydrogens (tertiary/aromatic N) is 1. The molecule has 0 saturated heterocycles. The summed E-state index contributed by atoms with van der Waals surface area (Å²) < 4.78 is 1.05. The van der Waals surface area contributed by atoms with Crippen molar-refractivity contribution in [2.45, 2.75) is 25.9 Å². The predicted octanol–water partition coefficient (Wildman–Crippen LogP) is 3.32. The van der Waals surface area contributed by atoms with E-state index in [0.29, 0.717) is 0 Å². The van der Waals surface area contributed by atoms with Gasteiger partial charge >= 0.3 is 0 Å². The Labute approximate surface area is 109 Å². The van der Waals surface area contributed by atoms with E-state index in [0.717, 1.165) is 21.4 Å². The molecule has 0 spiro atoms. The molecule has 4 heteroatoms. The van der Waals surface area contributed by atoms with E-state index in [1.165, 1.54) is 0 Å². The van der Waals surface area contributed by atoms with Gasteiger partial charge in [0.15, 0.2) is 0 Å². The van der Waals surface area contributed by atoms with Crippen LogP contribution in [0.25, 0.3) is 11.3 Å². The van der Waals surface area contributed by atoms with Crippen LogP contribution < -0.4 is 0 Å². The van der Waals surface area contributed by atoms with Gasteiger partial charge in [-0.05, 0) is 25.1 Å². The normalized spacial score (nSPS) is 14.6. The first-order valence-corrected chi connectivity index (χ1v) is 6.36. The van der Waals surface area contributed by atoms with Crippen molar-refractivity contribution in [3.63, 3.8) is 0 Å². The molecule has 1 heterocycles. The van der Waals surface area contributed by atoms with Gasteiger partial charge in [-0.3, -0.25) is 5.10 Å². The van der Waals surface area contributed by atoms with Gasteiger partial charge in [-0.25, -0.2) is 0 Å². The molecule has 2 N–H and O–H groups in total. The summed E-state index contributed by atoms with van der Waals surface area (Å²) in [6.07, 6.45) is -0.381. The van der Waals surface area contributed by atoms with Crippen molar-refractivity contribution in [3.05, 3.63) is 40.5 Å². The summed E-state index contributed by atoms with van der Waals surface area (Å²) in [5.74, 6) is 0.0618. The number of aromatic amines is 1. The van der Waals surface area contributed by atoms with E-state index in [2.05, 4.69) is 26.1 Å². The first kappa shape index (κ1) is 12.3. The quantitative estimate of drug-likeness (QED) is 0.912. The van der Waals surface area contributed by atoms with Crippen LogP contribution in [0.1, 0.15) is 25.5 Å². The molecule has 0 fully saturated rings. The number of hydrogen-bond acceptors (Lipinski definition) is 2. The zero-order valence-corrected chi connectivity index (χ0v) is 11.4. The van der Waals surface area contributed by atoms with Gasteiger partial charge in [0.05, 0.1) is 11.8 Å². The summed E-state index contributed by atoms with van der Waals surface area (Å²) in [6, 6.07) is 9.98. The molecule has 0 bridgehead atoms. The maximum Gasteiger partial charge on any atom is 0.0923 e. The second kappa shape index (κ2) is 5.02. The summed E-state index contributed by atoms with van der Waals surface area (Å²) in [5.41, 5.74) is 2.92. The Morgan fingerprint density at radius 3 is 2.47 bits per heavy atom. The number of H-pyrrole nitrogens is 1. The van der Waals surface area contributed by atoms with Crippen molar-refractivity contribution in [2.24, 2.45) is 0 Å². The number of benzene rings is 1. The molecule has 2 aromatic rings. The second-order valence-corrected chi connectivity index (χ2v) is 5.16. The minimum Gasteiger partial charge on any atom is -0.393 e. The van der Waals surface area contributed by atoms with Crippen molar-refractivity contribution in [2.75, 3.05) is 0 Å². The molecule has 2 unspecified atom stereocenters. The van der Waals surface area contributed by atoms with E-state index in [4.69, 9.17) is 0 Å². The molecule has 1 aromatic carbocycles. The van der Waals surface area contributed by atoms with Gasteiger partial charge in [0.2, 0.25) is 0 Å². The van der Waals surface area contributed by atoms with Crippen LogP contribution in [-0.4, -0.2) is 21.4 Å². The average molecular weight is 295 g/mol. The highest BCUT2D eigenvalue weighted by molar-refractivity contribution is 9.10. The van der Waals surface area contributed by atoms with Crippen LogP contribution in [0.5, 0.6) is 0 Å². The number of rotatable bonds is 3. The molecule has 3 nitrogen and oxygen atoms in total. The van der Waals surface area contributed by atoms with Gasteiger partial charge < -0.3 is 5.11 Å². The molecule has 0 aliphatic carbocycles. The molecule has 17 heavy (non-hydrogen) atoms. The molecule has 1 aromatic heterocycles. The van der Waals surface area contributed by atoms with Gasteiger partial charge in [0, 0.05) is 21.6 Å². The standard InChI is InChI=1S/C13H15BrN2O/c1-8(9(2)17)12-7-13(16-15-12)10-3-5-11(14)6-4-10/h3-9,17H,1-2H3,(H,15,16). The third-order valence-electron chi connectivity index (χ3n) is 2.95. The summed E-state index contributed by atoms with van der Waals surface area (Å²) in [7, 11) is 0. The van der Waals surface area contributed by atoms with E-state index in [1.54, 1.807) is 6.92 Å². The largest absolute Gasteiger partial charge is 0.393 e. The Morgan fingerprint density at radius 1 is 1.24 bits per heavy atom. The van der Waals surface area contributed by atoms with Crippen molar-refractivity contribution in [3.8, 4) is 11.3 Å². The molecule has 0 amide bonds. The van der Waals surface area contributed by atoms with E-state index in [1.807, 2.05) is 37.3 Å². The number of halogens is 1. The Kier molecular flexibility index (Phi) is 3.64. The monoisotopic (exact) mass is 294 g/mol. The van der Waals surface area contributed by atoms with Crippen LogP contribution in [0, 0.1) is 0 Å². The molecular formula is C13H15BrN2O. The summed E-state index contributed by atoms with van der Waals surface area (Å²) in [6.45, 7) is 3.76. The highest BCUT2D eigenvalue weighted by Gasteiger charge is 2.14. The molecule has 0 radical (unpaired) electrons. The number of aromatic nitrogens is 2. The summed E-state index contributed by atoms with van der Waals surface area (Å²) in [4.78, 5) is 0. The highest BCUT2D eigenvalue weighted by atomic mass is 79.9. The maximum atomic E-state index is 9.54. The van der Waals surface area contributed by atoms with E-state index in [-0.39, 0.29) is 12.0 Å². The zero-order chi connectivity index (χ0) is 12.4.